The third-order valence-electron chi connectivity index (χ3n) is 2.88. The number of nitrogens with zero attached hydrogens (tertiary/aromatic N) is 1. The summed E-state index contributed by atoms with van der Waals surface area (Å²) in [5.41, 5.74) is 2.01. The molecule has 19 heavy (non-hydrogen) atoms. The third-order valence-corrected chi connectivity index (χ3v) is 3.89. The molecule has 1 atom stereocenters. The van der Waals surface area contributed by atoms with Crippen molar-refractivity contribution in [1.82, 2.24) is 10.3 Å². The monoisotopic (exact) mass is 338 g/mol. The lowest BCUT2D eigenvalue weighted by atomic mass is 10.0. The van der Waals surface area contributed by atoms with Crippen LogP contribution in [0.4, 0.5) is 0 Å². The Balaban J connectivity index is 2.42. The van der Waals surface area contributed by atoms with Crippen molar-refractivity contribution in [2.45, 2.75) is 19.4 Å². The van der Waals surface area contributed by atoms with E-state index in [1.165, 1.54) is 0 Å². The molecule has 0 aliphatic heterocycles. The quantitative estimate of drug-likeness (QED) is 0.862. The molecule has 0 bridgehead atoms. The topological polar surface area (TPSA) is 24.9 Å². The maximum absolute atomic E-state index is 6.32. The molecule has 1 aromatic heterocycles. The van der Waals surface area contributed by atoms with E-state index < -0.39 is 0 Å². The van der Waals surface area contributed by atoms with E-state index in [2.05, 4.69) is 33.2 Å². The molecule has 1 heterocycles. The van der Waals surface area contributed by atoms with Crippen LogP contribution in [0.3, 0.4) is 0 Å². The Bertz CT molecular complexity index is 500. The number of aromatic nitrogens is 1. The number of rotatable bonds is 5. The molecule has 0 radical (unpaired) electrons. The standard InChI is InChI=1S/C15H16BrClN2/c1-2-9-18-14(11-6-3-4-8-13(11)17)15-12(16)7-5-10-19-15/h3-8,10,14,18H,2,9H2,1H3. The minimum absolute atomic E-state index is 0.00391. The summed E-state index contributed by atoms with van der Waals surface area (Å²) in [5, 5.41) is 4.26. The fraction of sp³-hybridized carbons (Fsp3) is 0.267. The molecule has 100 valence electrons. The van der Waals surface area contributed by atoms with Crippen LogP contribution in [0.15, 0.2) is 47.1 Å². The average Bonchev–Trinajstić information content (AvgIpc) is 2.42. The SMILES string of the molecule is CCCNC(c1ccccc1Cl)c1ncccc1Br. The normalized spacial score (nSPS) is 12.4. The van der Waals surface area contributed by atoms with Gasteiger partial charge in [0.15, 0.2) is 0 Å². The van der Waals surface area contributed by atoms with Crippen LogP contribution in [0.2, 0.25) is 5.02 Å². The van der Waals surface area contributed by atoms with Crippen molar-refractivity contribution in [1.29, 1.82) is 0 Å². The van der Waals surface area contributed by atoms with Gasteiger partial charge < -0.3 is 5.32 Å². The molecule has 0 amide bonds. The first-order chi connectivity index (χ1) is 9.24. The molecule has 2 aromatic rings. The molecule has 0 aliphatic rings. The summed E-state index contributed by atoms with van der Waals surface area (Å²) in [5.74, 6) is 0. The zero-order valence-electron chi connectivity index (χ0n) is 10.7. The van der Waals surface area contributed by atoms with Crippen LogP contribution in [0.1, 0.15) is 30.6 Å². The first kappa shape index (κ1) is 14.5. The summed E-state index contributed by atoms with van der Waals surface area (Å²) in [6.07, 6.45) is 2.86. The highest BCUT2D eigenvalue weighted by atomic mass is 79.9. The maximum Gasteiger partial charge on any atom is 0.0777 e. The summed E-state index contributed by atoms with van der Waals surface area (Å²) in [6, 6.07) is 11.8. The molecule has 1 N–H and O–H groups in total. The van der Waals surface area contributed by atoms with Crippen LogP contribution in [0.25, 0.3) is 0 Å². The smallest absolute Gasteiger partial charge is 0.0777 e. The van der Waals surface area contributed by atoms with Crippen molar-refractivity contribution in [2.75, 3.05) is 6.54 Å². The Morgan fingerprint density at radius 2 is 2.05 bits per heavy atom. The highest BCUT2D eigenvalue weighted by Crippen LogP contribution is 2.30. The molecule has 0 fully saturated rings. The van der Waals surface area contributed by atoms with Gasteiger partial charge in [-0.2, -0.15) is 0 Å². The van der Waals surface area contributed by atoms with Crippen LogP contribution in [0.5, 0.6) is 0 Å². The highest BCUT2D eigenvalue weighted by molar-refractivity contribution is 9.10. The van der Waals surface area contributed by atoms with Gasteiger partial charge in [0.2, 0.25) is 0 Å². The molecule has 1 unspecified atom stereocenters. The minimum atomic E-state index is 0.00391. The second-order valence-electron chi connectivity index (χ2n) is 4.28. The summed E-state index contributed by atoms with van der Waals surface area (Å²) >= 11 is 9.88. The van der Waals surface area contributed by atoms with Gasteiger partial charge in [0, 0.05) is 15.7 Å². The van der Waals surface area contributed by atoms with E-state index in [9.17, 15) is 0 Å². The van der Waals surface area contributed by atoms with Crippen LogP contribution in [-0.4, -0.2) is 11.5 Å². The van der Waals surface area contributed by atoms with E-state index in [1.54, 1.807) is 6.20 Å². The molecule has 0 aliphatic carbocycles. The van der Waals surface area contributed by atoms with Crippen LogP contribution < -0.4 is 5.32 Å². The van der Waals surface area contributed by atoms with Crippen LogP contribution >= 0.6 is 27.5 Å². The van der Waals surface area contributed by atoms with E-state index in [1.807, 2.05) is 36.4 Å². The molecule has 0 saturated heterocycles. The first-order valence-corrected chi connectivity index (χ1v) is 7.49. The van der Waals surface area contributed by atoms with Gasteiger partial charge in [-0.1, -0.05) is 36.7 Å². The fourth-order valence-corrected chi connectivity index (χ4v) is 2.69. The van der Waals surface area contributed by atoms with Gasteiger partial charge in [0.1, 0.15) is 0 Å². The lowest BCUT2D eigenvalue weighted by Crippen LogP contribution is -2.24. The lowest BCUT2D eigenvalue weighted by Gasteiger charge is -2.20. The maximum atomic E-state index is 6.32. The molecular formula is C15H16BrClN2. The molecule has 2 rings (SSSR count). The fourth-order valence-electron chi connectivity index (χ4n) is 1.96. The average molecular weight is 340 g/mol. The van der Waals surface area contributed by atoms with E-state index in [0.29, 0.717) is 0 Å². The number of halogens is 2. The number of pyridine rings is 1. The van der Waals surface area contributed by atoms with Crippen molar-refractivity contribution in [3.05, 3.63) is 63.3 Å². The molecule has 1 aromatic carbocycles. The Morgan fingerprint density at radius 3 is 2.74 bits per heavy atom. The van der Waals surface area contributed by atoms with Gasteiger partial charge in [-0.05, 0) is 52.7 Å². The number of nitrogens with one attached hydrogen (secondary N) is 1. The predicted molar refractivity (Wildman–Crippen MR) is 83.5 cm³/mol. The van der Waals surface area contributed by atoms with Gasteiger partial charge >= 0.3 is 0 Å². The second-order valence-corrected chi connectivity index (χ2v) is 5.54. The number of hydrogen-bond acceptors (Lipinski definition) is 2. The van der Waals surface area contributed by atoms with Gasteiger partial charge in [-0.25, -0.2) is 0 Å². The Kier molecular flexibility index (Phi) is 5.37. The van der Waals surface area contributed by atoms with Crippen molar-refractivity contribution in [3.8, 4) is 0 Å². The molecule has 2 nitrogen and oxygen atoms in total. The summed E-state index contributed by atoms with van der Waals surface area (Å²) in [4.78, 5) is 4.48. The molecule has 0 spiro atoms. The first-order valence-electron chi connectivity index (χ1n) is 6.32. The minimum Gasteiger partial charge on any atom is -0.305 e. The highest BCUT2D eigenvalue weighted by Gasteiger charge is 2.19. The lowest BCUT2D eigenvalue weighted by molar-refractivity contribution is 0.584. The van der Waals surface area contributed by atoms with Crippen molar-refractivity contribution in [2.24, 2.45) is 0 Å². The number of hydrogen-bond donors (Lipinski definition) is 1. The van der Waals surface area contributed by atoms with E-state index in [-0.39, 0.29) is 6.04 Å². The summed E-state index contributed by atoms with van der Waals surface area (Å²) in [7, 11) is 0. The van der Waals surface area contributed by atoms with Gasteiger partial charge in [-0.15, -0.1) is 0 Å². The third kappa shape index (κ3) is 3.56. The Labute approximate surface area is 127 Å². The largest absolute Gasteiger partial charge is 0.305 e. The van der Waals surface area contributed by atoms with Crippen molar-refractivity contribution in [3.63, 3.8) is 0 Å². The molecule has 4 heteroatoms. The van der Waals surface area contributed by atoms with E-state index in [0.717, 1.165) is 33.7 Å². The molecule has 0 saturated carbocycles. The van der Waals surface area contributed by atoms with Crippen molar-refractivity contribution < 1.29 is 0 Å². The summed E-state index contributed by atoms with van der Waals surface area (Å²) < 4.78 is 0.989. The van der Waals surface area contributed by atoms with Gasteiger partial charge in [0.25, 0.3) is 0 Å². The predicted octanol–water partition coefficient (Wildman–Crippen LogP) is 4.59. The number of benzene rings is 1. The Hall–Kier alpha value is -0.900. The zero-order valence-corrected chi connectivity index (χ0v) is 13.1. The Morgan fingerprint density at radius 1 is 1.26 bits per heavy atom. The zero-order chi connectivity index (χ0) is 13.7. The van der Waals surface area contributed by atoms with Crippen molar-refractivity contribution >= 4 is 27.5 Å². The van der Waals surface area contributed by atoms with Crippen LogP contribution in [-0.2, 0) is 0 Å². The second kappa shape index (κ2) is 7.04. The summed E-state index contributed by atoms with van der Waals surface area (Å²) in [6.45, 7) is 3.06. The van der Waals surface area contributed by atoms with Crippen LogP contribution in [0, 0.1) is 0 Å². The van der Waals surface area contributed by atoms with E-state index in [4.69, 9.17) is 11.6 Å². The van der Waals surface area contributed by atoms with Gasteiger partial charge in [0.05, 0.1) is 11.7 Å². The van der Waals surface area contributed by atoms with Gasteiger partial charge in [-0.3, -0.25) is 4.98 Å². The molecular weight excluding hydrogens is 324 g/mol. The van der Waals surface area contributed by atoms with E-state index >= 15 is 0 Å².